The quantitative estimate of drug-likeness (QED) is 0.360. The third-order valence-corrected chi connectivity index (χ3v) is 3.10. The van der Waals surface area contributed by atoms with Crippen LogP contribution in [0.25, 0.3) is 0 Å². The summed E-state index contributed by atoms with van der Waals surface area (Å²) in [5, 5.41) is 29.1. The molecule has 5 N–H and O–H groups in total. The van der Waals surface area contributed by atoms with E-state index in [0.717, 1.165) is 25.9 Å². The van der Waals surface area contributed by atoms with Gasteiger partial charge in [0.2, 0.25) is 0 Å². The van der Waals surface area contributed by atoms with Crippen molar-refractivity contribution in [2.45, 2.75) is 43.7 Å². The van der Waals surface area contributed by atoms with Crippen molar-refractivity contribution in [1.29, 1.82) is 0 Å². The van der Waals surface area contributed by atoms with Crippen LogP contribution in [0.5, 0.6) is 0 Å². The second-order valence-electron chi connectivity index (χ2n) is 4.43. The van der Waals surface area contributed by atoms with E-state index in [1.807, 2.05) is 4.90 Å². The fourth-order valence-corrected chi connectivity index (χ4v) is 2.16. The lowest BCUT2D eigenvalue weighted by atomic mass is 9.99. The van der Waals surface area contributed by atoms with Crippen molar-refractivity contribution >= 4 is 0 Å². The highest BCUT2D eigenvalue weighted by Crippen LogP contribution is 2.27. The van der Waals surface area contributed by atoms with Gasteiger partial charge in [-0.1, -0.05) is 6.08 Å². The molecule has 0 spiro atoms. The molecule has 1 fully saturated rings. The van der Waals surface area contributed by atoms with Gasteiger partial charge in [0.15, 0.2) is 0 Å². The minimum absolute atomic E-state index is 0.0384. The molecule has 94 valence electrons. The monoisotopic (exact) mass is 230 g/mol. The molecule has 0 aliphatic carbocycles. The number of aliphatic hydroxyl groups is 3. The van der Waals surface area contributed by atoms with Gasteiger partial charge in [0.05, 0.1) is 6.10 Å². The molecule has 5 heteroatoms. The molecule has 0 radical (unpaired) electrons. The van der Waals surface area contributed by atoms with Crippen LogP contribution in [0.3, 0.4) is 0 Å². The second-order valence-corrected chi connectivity index (χ2v) is 4.43. The molecule has 0 bridgehead atoms. The van der Waals surface area contributed by atoms with Crippen LogP contribution >= 0.6 is 0 Å². The first-order valence-electron chi connectivity index (χ1n) is 5.69. The Bertz CT molecular complexity index is 229. The molecule has 0 aromatic rings. The van der Waals surface area contributed by atoms with E-state index < -0.39 is 18.1 Å². The van der Waals surface area contributed by atoms with Gasteiger partial charge < -0.3 is 21.1 Å². The van der Waals surface area contributed by atoms with Crippen molar-refractivity contribution in [3.63, 3.8) is 0 Å². The van der Waals surface area contributed by atoms with Gasteiger partial charge in [-0.05, 0) is 12.8 Å². The Balaban J connectivity index is 2.66. The van der Waals surface area contributed by atoms with Gasteiger partial charge in [0, 0.05) is 25.9 Å². The topological polar surface area (TPSA) is 90.0 Å². The molecule has 0 aromatic carbocycles. The molecule has 1 heterocycles. The van der Waals surface area contributed by atoms with Gasteiger partial charge in [-0.3, -0.25) is 4.90 Å². The molecule has 1 aliphatic heterocycles. The smallest absolute Gasteiger partial charge is 0.128 e. The van der Waals surface area contributed by atoms with E-state index in [2.05, 4.69) is 6.58 Å². The predicted molar refractivity (Wildman–Crippen MR) is 61.4 cm³/mol. The molecule has 1 rings (SSSR count). The van der Waals surface area contributed by atoms with E-state index in [9.17, 15) is 10.2 Å². The molecule has 5 nitrogen and oxygen atoms in total. The number of nitrogens with zero attached hydrogens (tertiary/aromatic N) is 1. The summed E-state index contributed by atoms with van der Waals surface area (Å²) in [4.78, 5) is 1.92. The highest BCUT2D eigenvalue weighted by molar-refractivity contribution is 4.91. The van der Waals surface area contributed by atoms with Crippen molar-refractivity contribution in [2.24, 2.45) is 5.73 Å². The first-order chi connectivity index (χ1) is 7.49. The van der Waals surface area contributed by atoms with E-state index in [-0.39, 0.29) is 6.42 Å². The third-order valence-electron chi connectivity index (χ3n) is 3.10. The zero-order valence-corrected chi connectivity index (χ0v) is 9.55. The maximum atomic E-state index is 10.5. The largest absolute Gasteiger partial charge is 0.389 e. The van der Waals surface area contributed by atoms with E-state index in [1.165, 1.54) is 0 Å². The highest BCUT2D eigenvalue weighted by Gasteiger charge is 2.37. The third kappa shape index (κ3) is 3.26. The number of hydrogen-bond donors (Lipinski definition) is 4. The van der Waals surface area contributed by atoms with E-state index in [1.54, 1.807) is 6.08 Å². The van der Waals surface area contributed by atoms with E-state index >= 15 is 0 Å². The maximum Gasteiger partial charge on any atom is 0.128 e. The average molecular weight is 230 g/mol. The Kier molecular flexibility index (Phi) is 4.89. The normalized spacial score (nSPS) is 25.0. The van der Waals surface area contributed by atoms with Gasteiger partial charge in [0.25, 0.3) is 0 Å². The maximum absolute atomic E-state index is 10.5. The summed E-state index contributed by atoms with van der Waals surface area (Å²) in [7, 11) is 0. The lowest BCUT2D eigenvalue weighted by Gasteiger charge is -2.38. The van der Waals surface area contributed by atoms with Gasteiger partial charge >= 0.3 is 0 Å². The first-order valence-corrected chi connectivity index (χ1v) is 5.69. The van der Waals surface area contributed by atoms with Gasteiger partial charge in [-0.25, -0.2) is 0 Å². The van der Waals surface area contributed by atoms with Crippen LogP contribution in [0.15, 0.2) is 12.7 Å². The number of aliphatic hydroxyl groups excluding tert-OH is 2. The predicted octanol–water partition coefficient (Wildman–Crippen LogP) is -0.625. The second kappa shape index (κ2) is 5.75. The number of hydrogen-bond acceptors (Lipinski definition) is 5. The Labute approximate surface area is 96.2 Å². The molecule has 0 amide bonds. The summed E-state index contributed by atoms with van der Waals surface area (Å²) >= 11 is 0. The summed E-state index contributed by atoms with van der Waals surface area (Å²) in [5.74, 6) is 0. The van der Waals surface area contributed by atoms with Gasteiger partial charge in [-0.2, -0.15) is 0 Å². The molecule has 3 atom stereocenters. The Morgan fingerprint density at radius 3 is 2.38 bits per heavy atom. The Hall–Kier alpha value is -0.460. The van der Waals surface area contributed by atoms with Crippen LogP contribution < -0.4 is 5.73 Å². The van der Waals surface area contributed by atoms with Crippen LogP contribution in [0.1, 0.15) is 25.7 Å². The summed E-state index contributed by atoms with van der Waals surface area (Å²) in [6, 6.07) is 0. The molecule has 1 aliphatic rings. The number of nitrogens with two attached hydrogens (primary N) is 1. The van der Waals surface area contributed by atoms with Gasteiger partial charge in [-0.15, -0.1) is 6.58 Å². The van der Waals surface area contributed by atoms with Crippen LogP contribution in [0, 0.1) is 0 Å². The van der Waals surface area contributed by atoms with Crippen LogP contribution in [0.4, 0.5) is 0 Å². The van der Waals surface area contributed by atoms with Gasteiger partial charge in [0.1, 0.15) is 12.0 Å². The molecule has 0 aromatic heterocycles. The van der Waals surface area contributed by atoms with Crippen LogP contribution in [-0.4, -0.2) is 51.4 Å². The Morgan fingerprint density at radius 1 is 1.38 bits per heavy atom. The number of likely N-dealkylation sites (tertiary alicyclic amines) is 1. The minimum Gasteiger partial charge on any atom is -0.389 e. The number of rotatable bonds is 6. The summed E-state index contributed by atoms with van der Waals surface area (Å²) in [6.45, 7) is 5.21. The standard InChI is InChI=1S/C11H22N2O3/c1-2-5-11(16,8-9(14)10(12)15)13-6-3-4-7-13/h2,9-10,14-16H,1,3-8,12H2. The zero-order chi connectivity index (χ0) is 12.2. The summed E-state index contributed by atoms with van der Waals surface area (Å²) in [6.07, 6.45) is 1.66. The summed E-state index contributed by atoms with van der Waals surface area (Å²) < 4.78 is 0. The van der Waals surface area contributed by atoms with Crippen LogP contribution in [-0.2, 0) is 0 Å². The van der Waals surface area contributed by atoms with Crippen molar-refractivity contribution in [3.05, 3.63) is 12.7 Å². The molecule has 1 saturated heterocycles. The van der Waals surface area contributed by atoms with Crippen molar-refractivity contribution < 1.29 is 15.3 Å². The molecule has 16 heavy (non-hydrogen) atoms. The average Bonchev–Trinajstić information content (AvgIpc) is 2.70. The highest BCUT2D eigenvalue weighted by atomic mass is 16.3. The fourth-order valence-electron chi connectivity index (χ4n) is 2.16. The first kappa shape index (κ1) is 13.6. The molecular weight excluding hydrogens is 208 g/mol. The van der Waals surface area contributed by atoms with E-state index in [4.69, 9.17) is 10.8 Å². The lowest BCUT2D eigenvalue weighted by molar-refractivity contribution is -0.135. The van der Waals surface area contributed by atoms with Crippen molar-refractivity contribution in [3.8, 4) is 0 Å². The minimum atomic E-state index is -1.32. The fraction of sp³-hybridized carbons (Fsp3) is 0.818. The molecule has 0 saturated carbocycles. The SMILES string of the molecule is C=CCC(O)(CC(O)C(N)O)N1CCCC1. The zero-order valence-electron chi connectivity index (χ0n) is 9.55. The van der Waals surface area contributed by atoms with Crippen molar-refractivity contribution in [2.75, 3.05) is 13.1 Å². The molecular formula is C11H22N2O3. The molecule has 3 unspecified atom stereocenters. The Morgan fingerprint density at radius 2 is 1.94 bits per heavy atom. The summed E-state index contributed by atoms with van der Waals surface area (Å²) in [5.41, 5.74) is 4.05. The van der Waals surface area contributed by atoms with Crippen LogP contribution in [0.2, 0.25) is 0 Å². The lowest BCUT2D eigenvalue weighted by Crippen LogP contribution is -2.51. The van der Waals surface area contributed by atoms with Crippen molar-refractivity contribution in [1.82, 2.24) is 4.90 Å². The van der Waals surface area contributed by atoms with E-state index in [0.29, 0.717) is 6.42 Å².